The van der Waals surface area contributed by atoms with Crippen LogP contribution in [0.15, 0.2) is 0 Å². The summed E-state index contributed by atoms with van der Waals surface area (Å²) >= 11 is 0. The minimum absolute atomic E-state index is 0.349. The topological polar surface area (TPSA) is 0 Å². The van der Waals surface area contributed by atoms with Crippen LogP contribution >= 0.6 is 0 Å². The van der Waals surface area contributed by atoms with Crippen molar-refractivity contribution in [3.63, 3.8) is 0 Å². The van der Waals surface area contributed by atoms with E-state index in [4.69, 9.17) is 0 Å². The Morgan fingerprint density at radius 1 is 0.474 bits per heavy atom. The molecule has 114 valence electrons. The zero-order valence-electron chi connectivity index (χ0n) is 15.8. The first-order valence-corrected chi connectivity index (χ1v) is 8.20. The Kier molecular flexibility index (Phi) is 5.84. The monoisotopic (exact) mass is 266 g/mol. The molecule has 0 bridgehead atoms. The lowest BCUT2D eigenvalue weighted by atomic mass is 9.11. The van der Waals surface area contributed by atoms with Gasteiger partial charge in [-0.1, -0.05) is 99.0 Å². The van der Waals surface area contributed by atoms with Crippen LogP contribution in [0.25, 0.3) is 0 Å². The van der Waals surface area contributed by atoms with Gasteiger partial charge in [0, 0.05) is 0 Å². The third kappa shape index (κ3) is 3.58. The molecule has 0 heterocycles. The summed E-state index contributed by atoms with van der Waals surface area (Å²) in [6.45, 7) is 29.9. The molecule has 0 fully saturated rings. The van der Waals surface area contributed by atoms with Crippen molar-refractivity contribution in [2.45, 2.75) is 99.0 Å². The molecule has 0 aromatic heterocycles. The molecule has 0 radical (unpaired) electrons. The molecule has 0 aliphatic heterocycles. The lowest BCUT2D eigenvalue weighted by molar-refractivity contribution is 0.348. The quantitative estimate of drug-likeness (QED) is 0.464. The predicted octanol–water partition coefficient (Wildman–Crippen LogP) is 6.79. The Balaban J connectivity index is 5.93. The molecule has 0 N–H and O–H groups in total. The zero-order chi connectivity index (χ0) is 15.8. The van der Waals surface area contributed by atoms with Gasteiger partial charge in [0.2, 0.25) is 0 Å². The lowest BCUT2D eigenvalue weighted by Gasteiger charge is -2.55. The molecule has 0 unspecified atom stereocenters. The Labute approximate surface area is 124 Å². The molecular formula is C18H39B. The molecule has 0 aromatic carbocycles. The van der Waals surface area contributed by atoms with Gasteiger partial charge in [0.05, 0.1) is 0 Å². The van der Waals surface area contributed by atoms with Crippen LogP contribution in [-0.4, -0.2) is 6.71 Å². The van der Waals surface area contributed by atoms with Gasteiger partial charge >= 0.3 is 0 Å². The predicted molar refractivity (Wildman–Crippen MR) is 92.4 cm³/mol. The molecule has 0 nitrogen and oxygen atoms in total. The lowest BCUT2D eigenvalue weighted by Crippen LogP contribution is -2.51. The minimum Gasteiger partial charge on any atom is -0.0662 e. The molecule has 0 saturated heterocycles. The van der Waals surface area contributed by atoms with E-state index < -0.39 is 0 Å². The Morgan fingerprint density at radius 2 is 0.632 bits per heavy atom. The fraction of sp³-hybridized carbons (Fsp3) is 1.00. The van der Waals surface area contributed by atoms with Gasteiger partial charge in [0.15, 0.2) is 6.71 Å². The minimum atomic E-state index is 0.349. The van der Waals surface area contributed by atoms with Gasteiger partial charge in [-0.15, -0.1) is 0 Å². The van der Waals surface area contributed by atoms with E-state index >= 15 is 0 Å². The molecule has 19 heavy (non-hydrogen) atoms. The van der Waals surface area contributed by atoms with E-state index in [9.17, 15) is 0 Å². The highest BCUT2D eigenvalue weighted by atomic mass is 14.4. The van der Waals surface area contributed by atoms with Crippen LogP contribution in [0.1, 0.15) is 83.1 Å². The van der Waals surface area contributed by atoms with Gasteiger partial charge < -0.3 is 0 Å². The summed E-state index contributed by atoms with van der Waals surface area (Å²) < 4.78 is 0. The van der Waals surface area contributed by atoms with E-state index in [1.54, 1.807) is 0 Å². The van der Waals surface area contributed by atoms with Gasteiger partial charge in [-0.05, 0) is 17.8 Å². The van der Waals surface area contributed by atoms with E-state index in [1.165, 1.54) is 0 Å². The molecule has 0 atom stereocenters. The largest absolute Gasteiger partial charge is 0.158 e. The van der Waals surface area contributed by atoms with Crippen LogP contribution in [0.2, 0.25) is 15.9 Å². The Morgan fingerprint density at radius 3 is 0.737 bits per heavy atom. The molecule has 0 aliphatic carbocycles. The van der Waals surface area contributed by atoms with E-state index in [0.717, 1.165) is 0 Å². The van der Waals surface area contributed by atoms with Gasteiger partial charge in [-0.2, -0.15) is 0 Å². The van der Waals surface area contributed by atoms with Crippen molar-refractivity contribution in [1.82, 2.24) is 0 Å². The van der Waals surface area contributed by atoms with Crippen molar-refractivity contribution in [3.8, 4) is 0 Å². The average Bonchev–Trinajstić information content (AvgIpc) is 2.14. The molecule has 0 amide bonds. The second kappa shape index (κ2) is 5.82. The summed E-state index contributed by atoms with van der Waals surface area (Å²) in [7, 11) is 0. The third-order valence-electron chi connectivity index (χ3n) is 6.70. The number of hydrogen-bond donors (Lipinski definition) is 0. The second-order valence-electron chi connectivity index (χ2n) is 9.36. The third-order valence-corrected chi connectivity index (χ3v) is 6.70. The van der Waals surface area contributed by atoms with Crippen molar-refractivity contribution >= 4 is 6.71 Å². The normalized spacial score (nSPS) is 14.7. The maximum atomic E-state index is 2.48. The first kappa shape index (κ1) is 19.1. The summed E-state index contributed by atoms with van der Waals surface area (Å²) in [5.41, 5.74) is 0. The molecule has 0 aliphatic rings. The molecule has 0 rings (SSSR count). The summed E-state index contributed by atoms with van der Waals surface area (Å²) in [6.07, 6.45) is 0. The standard InChI is InChI=1S/C18H39B/c1-13(2)16(7,8)19(17(9,10)14(3)4)18(11,12)15(5)6/h13-15H,1-12H3. The van der Waals surface area contributed by atoms with E-state index in [0.29, 0.717) is 40.4 Å². The van der Waals surface area contributed by atoms with Crippen LogP contribution in [0.5, 0.6) is 0 Å². The highest BCUT2D eigenvalue weighted by molar-refractivity contribution is 6.68. The highest BCUT2D eigenvalue weighted by Crippen LogP contribution is 2.61. The van der Waals surface area contributed by atoms with E-state index in [-0.39, 0.29) is 0 Å². The Hall–Kier alpha value is 0.0649. The van der Waals surface area contributed by atoms with Crippen LogP contribution in [0.3, 0.4) is 0 Å². The summed E-state index contributed by atoms with van der Waals surface area (Å²) in [5.74, 6) is 2.11. The summed E-state index contributed by atoms with van der Waals surface area (Å²) in [4.78, 5) is 0. The molecule has 0 aromatic rings. The summed E-state index contributed by atoms with van der Waals surface area (Å²) in [6, 6.07) is 0. The number of rotatable bonds is 6. The van der Waals surface area contributed by atoms with E-state index in [2.05, 4.69) is 83.1 Å². The van der Waals surface area contributed by atoms with Gasteiger partial charge in [-0.25, -0.2) is 0 Å². The first-order chi connectivity index (χ1) is 8.20. The zero-order valence-corrected chi connectivity index (χ0v) is 15.8. The van der Waals surface area contributed by atoms with Crippen molar-refractivity contribution in [3.05, 3.63) is 0 Å². The average molecular weight is 266 g/mol. The van der Waals surface area contributed by atoms with Gasteiger partial charge in [-0.3, -0.25) is 0 Å². The fourth-order valence-corrected chi connectivity index (χ4v) is 3.88. The SMILES string of the molecule is CC(C)C(C)(C)B(C(C)(C)C(C)C)C(C)(C)C(C)C. The van der Waals surface area contributed by atoms with Crippen LogP contribution in [0.4, 0.5) is 0 Å². The molecule has 0 spiro atoms. The van der Waals surface area contributed by atoms with Crippen LogP contribution in [0, 0.1) is 17.8 Å². The Bertz CT molecular complexity index is 235. The summed E-state index contributed by atoms with van der Waals surface area (Å²) in [5, 5.41) is 1.05. The van der Waals surface area contributed by atoms with Crippen molar-refractivity contribution in [2.24, 2.45) is 17.8 Å². The smallest absolute Gasteiger partial charge is 0.0662 e. The maximum Gasteiger partial charge on any atom is 0.158 e. The molecule has 0 saturated carbocycles. The van der Waals surface area contributed by atoms with Crippen molar-refractivity contribution < 1.29 is 0 Å². The molecule has 1 heteroatoms. The van der Waals surface area contributed by atoms with Crippen molar-refractivity contribution in [1.29, 1.82) is 0 Å². The van der Waals surface area contributed by atoms with Crippen LogP contribution < -0.4 is 0 Å². The first-order valence-electron chi connectivity index (χ1n) is 8.20. The van der Waals surface area contributed by atoms with Crippen LogP contribution in [-0.2, 0) is 0 Å². The molecular weight excluding hydrogens is 227 g/mol. The van der Waals surface area contributed by atoms with Gasteiger partial charge in [0.25, 0.3) is 0 Å². The second-order valence-corrected chi connectivity index (χ2v) is 9.36. The fourth-order valence-electron chi connectivity index (χ4n) is 3.88. The number of hydrogen-bond acceptors (Lipinski definition) is 0. The van der Waals surface area contributed by atoms with Gasteiger partial charge in [0.1, 0.15) is 0 Å². The highest BCUT2D eigenvalue weighted by Gasteiger charge is 2.54. The van der Waals surface area contributed by atoms with Crippen molar-refractivity contribution in [2.75, 3.05) is 0 Å². The van der Waals surface area contributed by atoms with E-state index in [1.807, 2.05) is 0 Å². The maximum absolute atomic E-state index is 2.48.